The number of likely N-dealkylation sites (tertiary alicyclic amines) is 1. The van der Waals surface area contributed by atoms with Crippen molar-refractivity contribution in [1.82, 2.24) is 10.2 Å². The highest BCUT2D eigenvalue weighted by atomic mass is 16.5. The van der Waals surface area contributed by atoms with Crippen molar-refractivity contribution < 1.29 is 4.74 Å². The fourth-order valence-corrected chi connectivity index (χ4v) is 3.13. The monoisotopic (exact) mass is 276 g/mol. The van der Waals surface area contributed by atoms with E-state index in [4.69, 9.17) is 4.74 Å². The first-order chi connectivity index (χ1) is 9.60. The van der Waals surface area contributed by atoms with Crippen molar-refractivity contribution in [2.24, 2.45) is 5.92 Å². The van der Waals surface area contributed by atoms with Crippen molar-refractivity contribution in [2.75, 3.05) is 27.2 Å². The van der Waals surface area contributed by atoms with Crippen LogP contribution >= 0.6 is 0 Å². The second kappa shape index (κ2) is 7.09. The van der Waals surface area contributed by atoms with E-state index < -0.39 is 0 Å². The van der Waals surface area contributed by atoms with Gasteiger partial charge in [-0.3, -0.25) is 0 Å². The third-order valence-corrected chi connectivity index (χ3v) is 4.50. The molecule has 3 nitrogen and oxygen atoms in total. The van der Waals surface area contributed by atoms with Gasteiger partial charge in [-0.15, -0.1) is 0 Å². The summed E-state index contributed by atoms with van der Waals surface area (Å²) in [7, 11) is 3.93. The Balaban J connectivity index is 1.90. The van der Waals surface area contributed by atoms with Crippen LogP contribution in [0.2, 0.25) is 0 Å². The lowest BCUT2D eigenvalue weighted by atomic mass is 9.91. The van der Waals surface area contributed by atoms with Crippen LogP contribution < -0.4 is 10.1 Å². The minimum atomic E-state index is 0.378. The fourth-order valence-electron chi connectivity index (χ4n) is 3.13. The van der Waals surface area contributed by atoms with Crippen LogP contribution in [0.25, 0.3) is 0 Å². The van der Waals surface area contributed by atoms with Gasteiger partial charge in [0.15, 0.2) is 0 Å². The van der Waals surface area contributed by atoms with Crippen LogP contribution in [0.1, 0.15) is 38.3 Å². The van der Waals surface area contributed by atoms with Crippen LogP contribution in [0.3, 0.4) is 0 Å². The smallest absolute Gasteiger partial charge is 0.118 e. The van der Waals surface area contributed by atoms with Crippen molar-refractivity contribution in [3.05, 3.63) is 29.8 Å². The van der Waals surface area contributed by atoms with Crippen LogP contribution in [-0.2, 0) is 0 Å². The maximum absolute atomic E-state index is 5.21. The molecule has 20 heavy (non-hydrogen) atoms. The van der Waals surface area contributed by atoms with Gasteiger partial charge >= 0.3 is 0 Å². The maximum Gasteiger partial charge on any atom is 0.118 e. The van der Waals surface area contributed by atoms with Crippen LogP contribution in [0.5, 0.6) is 5.75 Å². The standard InChI is InChI=1S/C17H28N2O/c1-13(15-7-9-17(20-4)10-8-15)18-14(2)16-6-5-11-19(3)12-16/h7-10,13-14,16,18H,5-6,11-12H2,1-4H3. The van der Waals surface area contributed by atoms with Crippen molar-refractivity contribution in [3.63, 3.8) is 0 Å². The average Bonchev–Trinajstić information content (AvgIpc) is 2.47. The zero-order valence-corrected chi connectivity index (χ0v) is 13.2. The Morgan fingerprint density at radius 1 is 1.25 bits per heavy atom. The number of nitrogens with zero attached hydrogens (tertiary/aromatic N) is 1. The molecule has 0 bridgehead atoms. The molecule has 2 rings (SSSR count). The molecule has 0 spiro atoms. The number of hydrogen-bond acceptors (Lipinski definition) is 3. The molecule has 0 aliphatic carbocycles. The first kappa shape index (κ1) is 15.3. The Hall–Kier alpha value is -1.06. The quantitative estimate of drug-likeness (QED) is 0.894. The highest BCUT2D eigenvalue weighted by Crippen LogP contribution is 2.22. The summed E-state index contributed by atoms with van der Waals surface area (Å²) >= 11 is 0. The van der Waals surface area contributed by atoms with E-state index >= 15 is 0 Å². The Morgan fingerprint density at radius 2 is 1.95 bits per heavy atom. The third kappa shape index (κ3) is 3.97. The number of benzene rings is 1. The van der Waals surface area contributed by atoms with Gasteiger partial charge < -0.3 is 15.0 Å². The Kier molecular flexibility index (Phi) is 5.44. The summed E-state index contributed by atoms with van der Waals surface area (Å²) < 4.78 is 5.21. The lowest BCUT2D eigenvalue weighted by Gasteiger charge is -2.35. The van der Waals surface area contributed by atoms with Gasteiger partial charge in [0, 0.05) is 18.6 Å². The lowest BCUT2D eigenvalue weighted by Crippen LogP contribution is -2.43. The summed E-state index contributed by atoms with van der Waals surface area (Å²) in [6, 6.07) is 9.30. The number of ether oxygens (including phenoxy) is 1. The normalized spacial score (nSPS) is 23.3. The second-order valence-electron chi connectivity index (χ2n) is 6.11. The highest BCUT2D eigenvalue weighted by Gasteiger charge is 2.23. The predicted molar refractivity (Wildman–Crippen MR) is 84.2 cm³/mol. The number of methoxy groups -OCH3 is 1. The number of nitrogens with one attached hydrogen (secondary N) is 1. The topological polar surface area (TPSA) is 24.5 Å². The molecule has 0 aromatic heterocycles. The van der Waals surface area contributed by atoms with Crippen molar-refractivity contribution in [2.45, 2.75) is 38.8 Å². The molecule has 1 aliphatic heterocycles. The van der Waals surface area contributed by atoms with Crippen LogP contribution in [-0.4, -0.2) is 38.2 Å². The molecule has 0 radical (unpaired) electrons. The molecule has 3 heteroatoms. The van der Waals surface area contributed by atoms with Gasteiger partial charge in [-0.2, -0.15) is 0 Å². The number of hydrogen-bond donors (Lipinski definition) is 1. The molecule has 1 aliphatic rings. The summed E-state index contributed by atoms with van der Waals surface area (Å²) in [6.07, 6.45) is 2.66. The molecule has 1 saturated heterocycles. The average molecular weight is 276 g/mol. The van der Waals surface area contributed by atoms with Crippen LogP contribution in [0.15, 0.2) is 24.3 Å². The largest absolute Gasteiger partial charge is 0.497 e. The molecule has 1 aromatic carbocycles. The first-order valence-electron chi connectivity index (χ1n) is 7.68. The minimum absolute atomic E-state index is 0.378. The molecule has 0 amide bonds. The molecule has 112 valence electrons. The Morgan fingerprint density at radius 3 is 2.55 bits per heavy atom. The Labute approximate surface area is 123 Å². The van der Waals surface area contributed by atoms with Crippen molar-refractivity contribution >= 4 is 0 Å². The molecular formula is C17H28N2O. The van der Waals surface area contributed by atoms with Gasteiger partial charge in [-0.1, -0.05) is 12.1 Å². The fraction of sp³-hybridized carbons (Fsp3) is 0.647. The summed E-state index contributed by atoms with van der Waals surface area (Å²) in [5, 5.41) is 3.76. The highest BCUT2D eigenvalue weighted by molar-refractivity contribution is 5.28. The van der Waals surface area contributed by atoms with E-state index in [-0.39, 0.29) is 0 Å². The van der Waals surface area contributed by atoms with E-state index in [1.54, 1.807) is 7.11 Å². The minimum Gasteiger partial charge on any atom is -0.497 e. The summed E-state index contributed by atoms with van der Waals surface area (Å²) in [4.78, 5) is 2.45. The Bertz CT molecular complexity index is 404. The maximum atomic E-state index is 5.21. The van der Waals surface area contributed by atoms with E-state index in [2.05, 4.69) is 43.2 Å². The SMILES string of the molecule is COc1ccc(C(C)NC(C)C2CCCN(C)C2)cc1. The number of piperidine rings is 1. The first-order valence-corrected chi connectivity index (χ1v) is 7.68. The van der Waals surface area contributed by atoms with Crippen molar-refractivity contribution in [3.8, 4) is 5.75 Å². The van der Waals surface area contributed by atoms with Gasteiger partial charge in [0.1, 0.15) is 5.75 Å². The lowest BCUT2D eigenvalue weighted by molar-refractivity contribution is 0.174. The molecule has 1 N–H and O–H groups in total. The van der Waals surface area contributed by atoms with Gasteiger partial charge in [0.25, 0.3) is 0 Å². The zero-order chi connectivity index (χ0) is 14.5. The van der Waals surface area contributed by atoms with Crippen LogP contribution in [0, 0.1) is 5.92 Å². The molecule has 3 unspecified atom stereocenters. The molecule has 3 atom stereocenters. The van der Waals surface area contributed by atoms with E-state index in [9.17, 15) is 0 Å². The molecule has 1 fully saturated rings. The number of rotatable bonds is 5. The van der Waals surface area contributed by atoms with Crippen molar-refractivity contribution in [1.29, 1.82) is 0 Å². The summed E-state index contributed by atoms with van der Waals surface area (Å²) in [5.74, 6) is 1.68. The second-order valence-corrected chi connectivity index (χ2v) is 6.11. The van der Waals surface area contributed by atoms with Crippen LogP contribution in [0.4, 0.5) is 0 Å². The zero-order valence-electron chi connectivity index (χ0n) is 13.2. The predicted octanol–water partition coefficient (Wildman–Crippen LogP) is 3.08. The van der Waals surface area contributed by atoms with E-state index in [0.29, 0.717) is 12.1 Å². The van der Waals surface area contributed by atoms with Gasteiger partial charge in [-0.25, -0.2) is 0 Å². The molecular weight excluding hydrogens is 248 g/mol. The van der Waals surface area contributed by atoms with E-state index in [1.165, 1.54) is 31.5 Å². The van der Waals surface area contributed by atoms with Gasteiger partial charge in [0.2, 0.25) is 0 Å². The molecule has 1 heterocycles. The van der Waals surface area contributed by atoms with Gasteiger partial charge in [0.05, 0.1) is 7.11 Å². The van der Waals surface area contributed by atoms with Gasteiger partial charge in [-0.05, 0) is 63.9 Å². The third-order valence-electron chi connectivity index (χ3n) is 4.50. The van der Waals surface area contributed by atoms with E-state index in [0.717, 1.165) is 11.7 Å². The summed E-state index contributed by atoms with van der Waals surface area (Å²) in [5.41, 5.74) is 1.32. The molecule has 1 aromatic rings. The summed E-state index contributed by atoms with van der Waals surface area (Å²) in [6.45, 7) is 7.02. The molecule has 0 saturated carbocycles. The van der Waals surface area contributed by atoms with E-state index in [1.807, 2.05) is 12.1 Å².